The summed E-state index contributed by atoms with van der Waals surface area (Å²) in [6.07, 6.45) is 10.4. The predicted octanol–water partition coefficient (Wildman–Crippen LogP) is 8.86. The maximum atomic E-state index is 9.05. The van der Waals surface area contributed by atoms with E-state index < -0.39 is 0 Å². The smallest absolute Gasteiger partial charge is 0.181 e. The summed E-state index contributed by atoms with van der Waals surface area (Å²) in [6, 6.07) is 11.6. The van der Waals surface area contributed by atoms with E-state index in [-0.39, 0.29) is 5.57 Å². The summed E-state index contributed by atoms with van der Waals surface area (Å²) in [5, 5.41) is 19.0. The summed E-state index contributed by atoms with van der Waals surface area (Å²) >= 11 is 2.47. The van der Waals surface area contributed by atoms with Crippen LogP contribution in [0.25, 0.3) is 28.2 Å². The first-order valence-corrected chi connectivity index (χ1v) is 13.3. The highest BCUT2D eigenvalue weighted by atomic mass is 127. The second kappa shape index (κ2) is 9.95. The minimum atomic E-state index is -0.0153. The molecule has 0 spiro atoms. The molecule has 2 aromatic heterocycles. The summed E-state index contributed by atoms with van der Waals surface area (Å²) in [5.74, 6) is 0.423. The lowest BCUT2D eigenvalue weighted by Crippen LogP contribution is -2.23. The Morgan fingerprint density at radius 3 is 2.46 bits per heavy atom. The molecule has 0 saturated heterocycles. The third-order valence-corrected chi connectivity index (χ3v) is 8.78. The Morgan fingerprint density at radius 1 is 0.973 bits per heavy atom. The molecular weight excluding hydrogens is 573 g/mol. The number of rotatable bonds is 5. The van der Waals surface area contributed by atoms with Gasteiger partial charge in [-0.05, 0) is 103 Å². The molecule has 184 valence electrons. The van der Waals surface area contributed by atoms with E-state index in [1.165, 1.54) is 43.2 Å². The normalized spacial score (nSPS) is 12.9. The van der Waals surface area contributed by atoms with Crippen LogP contribution in [0.4, 0.5) is 11.4 Å². The van der Waals surface area contributed by atoms with Gasteiger partial charge in [-0.3, -0.25) is 0 Å². The van der Waals surface area contributed by atoms with Gasteiger partial charge in [-0.2, -0.15) is 10.5 Å². The molecule has 0 saturated carbocycles. The minimum Gasteiger partial charge on any atom is -0.452 e. The third-order valence-electron chi connectivity index (χ3n) is 7.16. The lowest BCUT2D eigenvalue weighted by atomic mass is 9.96. The molecule has 6 heteroatoms. The molecule has 1 aliphatic carbocycles. The van der Waals surface area contributed by atoms with Gasteiger partial charge in [0.1, 0.15) is 29.1 Å². The highest BCUT2D eigenvalue weighted by Gasteiger charge is 2.22. The van der Waals surface area contributed by atoms with E-state index in [0.29, 0.717) is 16.9 Å². The molecule has 0 fully saturated rings. The Morgan fingerprint density at radius 2 is 1.76 bits per heavy atom. The average molecular weight is 599 g/mol. The van der Waals surface area contributed by atoms with E-state index in [4.69, 9.17) is 19.4 Å². The van der Waals surface area contributed by atoms with Crippen molar-refractivity contribution in [2.45, 2.75) is 40.5 Å². The number of anilines is 2. The topological polar surface area (TPSA) is 77.1 Å². The molecule has 0 atom stereocenters. The van der Waals surface area contributed by atoms with Crippen LogP contribution in [0.5, 0.6) is 0 Å². The molecule has 0 bridgehead atoms. The monoisotopic (exact) mass is 599 g/mol. The van der Waals surface area contributed by atoms with Crippen LogP contribution in [0.2, 0.25) is 0 Å². The van der Waals surface area contributed by atoms with Crippen LogP contribution in [0.15, 0.2) is 62.5 Å². The largest absolute Gasteiger partial charge is 0.452 e. The van der Waals surface area contributed by atoms with Crippen molar-refractivity contribution in [1.82, 2.24) is 0 Å². The molecular formula is C31H26IN3O2. The molecule has 4 aromatic rings. The van der Waals surface area contributed by atoms with Crippen LogP contribution in [-0.4, -0.2) is 6.54 Å². The molecule has 5 nitrogen and oxygen atoms in total. The Labute approximate surface area is 230 Å². The van der Waals surface area contributed by atoms with Crippen molar-refractivity contribution < 1.29 is 8.83 Å². The van der Waals surface area contributed by atoms with Gasteiger partial charge in [0.25, 0.3) is 0 Å². The van der Waals surface area contributed by atoms with Crippen LogP contribution in [0, 0.1) is 53.9 Å². The number of furan rings is 2. The second-order valence-electron chi connectivity index (χ2n) is 9.41. The van der Waals surface area contributed by atoms with Crippen molar-refractivity contribution in [3.63, 3.8) is 0 Å². The zero-order valence-corrected chi connectivity index (χ0v) is 23.4. The fourth-order valence-electron chi connectivity index (χ4n) is 4.99. The van der Waals surface area contributed by atoms with Crippen LogP contribution in [0.3, 0.4) is 0 Å². The highest BCUT2D eigenvalue weighted by Crippen LogP contribution is 2.41. The number of allylic oxidation sites excluding steroid dienone is 3. The summed E-state index contributed by atoms with van der Waals surface area (Å²) in [6.45, 7) is 9.58. The first-order chi connectivity index (χ1) is 17.8. The van der Waals surface area contributed by atoms with Crippen molar-refractivity contribution >= 4 is 62.2 Å². The van der Waals surface area contributed by atoms with Crippen molar-refractivity contribution in [1.29, 1.82) is 10.5 Å². The molecule has 2 aromatic carbocycles. The summed E-state index contributed by atoms with van der Waals surface area (Å²) in [7, 11) is 0. The lowest BCUT2D eigenvalue weighted by Gasteiger charge is -2.31. The van der Waals surface area contributed by atoms with Gasteiger partial charge >= 0.3 is 0 Å². The van der Waals surface area contributed by atoms with E-state index in [0.717, 1.165) is 36.0 Å². The maximum absolute atomic E-state index is 9.05. The Hall–Kier alpha value is -3.75. The van der Waals surface area contributed by atoms with Crippen molar-refractivity contribution in [3.8, 4) is 12.1 Å². The van der Waals surface area contributed by atoms with Gasteiger partial charge in [0, 0.05) is 39.7 Å². The quantitative estimate of drug-likeness (QED) is 0.169. The number of benzene rings is 2. The average Bonchev–Trinajstić information content (AvgIpc) is 3.46. The van der Waals surface area contributed by atoms with E-state index >= 15 is 0 Å². The number of nitrogens with zero attached hydrogens (tertiary/aromatic N) is 3. The molecule has 0 unspecified atom stereocenters. The van der Waals surface area contributed by atoms with Crippen LogP contribution >= 0.6 is 22.6 Å². The number of hydrogen-bond acceptors (Lipinski definition) is 5. The summed E-state index contributed by atoms with van der Waals surface area (Å²) < 4.78 is 13.4. The zero-order valence-electron chi connectivity index (χ0n) is 21.3. The Kier molecular flexibility index (Phi) is 6.70. The van der Waals surface area contributed by atoms with Gasteiger partial charge in [0.2, 0.25) is 0 Å². The molecule has 0 amide bonds. The molecule has 5 rings (SSSR count). The van der Waals surface area contributed by atoms with Gasteiger partial charge in [-0.1, -0.05) is 18.2 Å². The van der Waals surface area contributed by atoms with Crippen LogP contribution in [-0.2, 0) is 0 Å². The molecule has 0 N–H and O–H groups in total. The maximum Gasteiger partial charge on any atom is 0.181 e. The molecule has 1 aliphatic rings. The fourth-order valence-corrected chi connectivity index (χ4v) is 5.65. The third kappa shape index (κ3) is 4.47. The first-order valence-electron chi connectivity index (χ1n) is 12.2. The lowest BCUT2D eigenvalue weighted by molar-refractivity contribution is 0.605. The molecule has 0 radical (unpaired) electrons. The standard InChI is InChI=1S/C31H26IN3O2/c1-18-19(2)29(32)21(4)30(20(18)3)35(17-22-8-6-5-7-9-22)24-10-11-26-27(13-24)37-28-14-25(36-31(26)28)12-23(15-33)16-34/h6,8-14H,5,7,17H2,1-4H3. The first kappa shape index (κ1) is 24.9. The van der Waals surface area contributed by atoms with Crippen molar-refractivity contribution in [2.24, 2.45) is 0 Å². The van der Waals surface area contributed by atoms with E-state index in [1.807, 2.05) is 18.2 Å². The highest BCUT2D eigenvalue weighted by molar-refractivity contribution is 14.1. The predicted molar refractivity (Wildman–Crippen MR) is 157 cm³/mol. The number of fused-ring (bicyclic) bond motifs is 3. The van der Waals surface area contributed by atoms with Crippen LogP contribution < -0.4 is 4.90 Å². The van der Waals surface area contributed by atoms with E-state index in [2.05, 4.69) is 85.5 Å². The van der Waals surface area contributed by atoms with Gasteiger partial charge in [-0.15, -0.1) is 0 Å². The van der Waals surface area contributed by atoms with Gasteiger partial charge in [0.15, 0.2) is 11.2 Å². The van der Waals surface area contributed by atoms with E-state index in [1.54, 1.807) is 6.07 Å². The van der Waals surface area contributed by atoms with E-state index in [9.17, 15) is 0 Å². The molecule has 2 heterocycles. The zero-order chi connectivity index (χ0) is 26.3. The Bertz CT molecular complexity index is 1690. The van der Waals surface area contributed by atoms with Crippen molar-refractivity contribution in [2.75, 3.05) is 11.4 Å². The molecule has 37 heavy (non-hydrogen) atoms. The minimum absolute atomic E-state index is 0.0153. The number of hydrogen-bond donors (Lipinski definition) is 0. The molecule has 0 aliphatic heterocycles. The van der Waals surface area contributed by atoms with Gasteiger partial charge in [-0.25, -0.2) is 0 Å². The summed E-state index contributed by atoms with van der Waals surface area (Å²) in [4.78, 5) is 2.39. The van der Waals surface area contributed by atoms with Crippen molar-refractivity contribution in [3.05, 3.63) is 85.2 Å². The fraction of sp³-hybridized carbons (Fsp3) is 0.226. The SMILES string of the molecule is Cc1c(C)c(I)c(C)c(N(CC2=CCCC=C2)c2ccc3c(c2)oc2cc(C=C(C#N)C#N)oc23)c1C. The van der Waals surface area contributed by atoms with Crippen LogP contribution in [0.1, 0.15) is 40.9 Å². The number of halogens is 1. The number of nitriles is 2. The van der Waals surface area contributed by atoms with Gasteiger partial charge in [0.05, 0.1) is 5.39 Å². The Balaban J connectivity index is 1.65. The second-order valence-corrected chi connectivity index (χ2v) is 10.5. The summed E-state index contributed by atoms with van der Waals surface area (Å²) in [5.41, 5.74) is 10.7. The van der Waals surface area contributed by atoms with Gasteiger partial charge < -0.3 is 13.7 Å².